The van der Waals surface area contributed by atoms with Crippen molar-refractivity contribution in [1.29, 1.82) is 0 Å². The number of amides is 2. The molecule has 2 N–H and O–H groups in total. The van der Waals surface area contributed by atoms with Gasteiger partial charge in [-0.1, -0.05) is 0 Å². The number of benzene rings is 2. The molecule has 33 heavy (non-hydrogen) atoms. The van der Waals surface area contributed by atoms with Gasteiger partial charge in [0.25, 0.3) is 0 Å². The van der Waals surface area contributed by atoms with Crippen LogP contribution in [0.25, 0.3) is 0 Å². The van der Waals surface area contributed by atoms with Crippen molar-refractivity contribution in [2.45, 2.75) is 50.2 Å². The summed E-state index contributed by atoms with van der Waals surface area (Å²) >= 11 is 6.04. The van der Waals surface area contributed by atoms with E-state index >= 15 is 0 Å². The number of hydrogen-bond acceptors (Lipinski definition) is 5. The molecule has 0 unspecified atom stereocenters. The number of alkyl carbamates (subject to hydrolysis) is 1. The van der Waals surface area contributed by atoms with Gasteiger partial charge in [0.15, 0.2) is 0 Å². The molecule has 178 valence electrons. The van der Waals surface area contributed by atoms with Crippen LogP contribution >= 0.6 is 11.6 Å². The molecule has 0 aromatic heterocycles. The molecule has 0 aliphatic heterocycles. The first kappa shape index (κ1) is 26.7. The Morgan fingerprint density at radius 2 is 1.61 bits per heavy atom. The van der Waals surface area contributed by atoms with E-state index in [9.17, 15) is 14.4 Å². The number of ether oxygens (including phenoxy) is 2. The Hall–Kier alpha value is -2.54. The molecule has 2 atom stereocenters. The fourth-order valence-electron chi connectivity index (χ4n) is 2.83. The van der Waals surface area contributed by atoms with E-state index in [4.69, 9.17) is 21.1 Å². The van der Waals surface area contributed by atoms with Crippen molar-refractivity contribution in [2.24, 2.45) is 0 Å². The van der Waals surface area contributed by atoms with E-state index in [0.717, 1.165) is 10.0 Å². The quantitative estimate of drug-likeness (QED) is 0.378. The first-order valence-corrected chi connectivity index (χ1v) is 12.8. The van der Waals surface area contributed by atoms with E-state index < -0.39 is 35.7 Å². The maximum atomic E-state index is 13.2. The van der Waals surface area contributed by atoms with Gasteiger partial charge in [-0.05, 0) is 0 Å². The molecule has 7 nitrogen and oxygen atoms in total. The molecule has 9 heteroatoms. The van der Waals surface area contributed by atoms with Gasteiger partial charge in [0.2, 0.25) is 0 Å². The van der Waals surface area contributed by atoms with E-state index in [1.165, 1.54) is 7.11 Å². The molecule has 2 rings (SSSR count). The van der Waals surface area contributed by atoms with Gasteiger partial charge in [0.05, 0.1) is 0 Å². The Labute approximate surface area is 205 Å². The van der Waals surface area contributed by atoms with Crippen LogP contribution in [0.1, 0.15) is 26.3 Å². The summed E-state index contributed by atoms with van der Waals surface area (Å²) in [5.74, 6) is -1.07. The second-order valence-corrected chi connectivity index (χ2v) is 10.8. The molecule has 0 radical (unpaired) electrons. The molecule has 0 aliphatic rings. The van der Waals surface area contributed by atoms with E-state index in [0.29, 0.717) is 10.3 Å². The Balaban J connectivity index is 2.17. The number of carbonyl (C=O) groups excluding carboxylic acids is 3. The summed E-state index contributed by atoms with van der Waals surface area (Å²) in [6.45, 7) is 5.22. The SMILES string of the molecule is COC(=O)[C@H](Cc1ccccc1)NC(=O)[C@H](C[Se]c1ccccc1Cl)NC(=O)OC(C)(C)C. The topological polar surface area (TPSA) is 93.7 Å². The summed E-state index contributed by atoms with van der Waals surface area (Å²) < 4.78 is 11.1. The monoisotopic (exact) mass is 540 g/mol. The van der Waals surface area contributed by atoms with Crippen LogP contribution in [0.4, 0.5) is 4.79 Å². The fourth-order valence-corrected chi connectivity index (χ4v) is 5.26. The van der Waals surface area contributed by atoms with Crippen molar-refractivity contribution < 1.29 is 23.9 Å². The summed E-state index contributed by atoms with van der Waals surface area (Å²) in [6, 6.07) is 14.8. The molecule has 0 bridgehead atoms. The predicted molar refractivity (Wildman–Crippen MR) is 129 cm³/mol. The first-order chi connectivity index (χ1) is 15.6. The molecule has 2 amide bonds. The van der Waals surface area contributed by atoms with Crippen molar-refractivity contribution in [1.82, 2.24) is 10.6 Å². The van der Waals surface area contributed by atoms with Gasteiger partial charge in [-0.2, -0.15) is 0 Å². The van der Waals surface area contributed by atoms with Crippen LogP contribution in [0.15, 0.2) is 54.6 Å². The Bertz CT molecular complexity index is 949. The summed E-state index contributed by atoms with van der Waals surface area (Å²) in [5, 5.41) is 6.29. The molecule has 0 heterocycles. The number of hydrogen-bond donors (Lipinski definition) is 2. The number of carbonyl (C=O) groups is 3. The Morgan fingerprint density at radius 1 is 0.970 bits per heavy atom. The molecule has 0 saturated carbocycles. The number of methoxy groups -OCH3 is 1. The van der Waals surface area contributed by atoms with Crippen LogP contribution < -0.4 is 15.1 Å². The average Bonchev–Trinajstić information content (AvgIpc) is 2.76. The average molecular weight is 540 g/mol. The zero-order valence-corrected chi connectivity index (χ0v) is 21.6. The van der Waals surface area contributed by atoms with Gasteiger partial charge in [0, 0.05) is 0 Å². The molecule has 0 spiro atoms. The molecule has 2 aromatic carbocycles. The molecule has 0 fully saturated rings. The van der Waals surface area contributed by atoms with Crippen LogP contribution in [0.2, 0.25) is 10.3 Å². The molecule has 0 aliphatic carbocycles. The van der Waals surface area contributed by atoms with Crippen LogP contribution in [0, 0.1) is 0 Å². The van der Waals surface area contributed by atoms with E-state index in [1.54, 1.807) is 26.8 Å². The van der Waals surface area contributed by atoms with Crippen LogP contribution in [0.3, 0.4) is 0 Å². The van der Waals surface area contributed by atoms with Gasteiger partial charge in [-0.3, -0.25) is 0 Å². The maximum absolute atomic E-state index is 13.2. The Morgan fingerprint density at radius 3 is 2.21 bits per heavy atom. The predicted octanol–water partition coefficient (Wildman–Crippen LogP) is 2.88. The third-order valence-electron chi connectivity index (χ3n) is 4.33. The zero-order chi connectivity index (χ0) is 24.4. The normalized spacial score (nSPS) is 12.9. The van der Waals surface area contributed by atoms with Crippen LogP contribution in [-0.2, 0) is 25.5 Å². The summed E-state index contributed by atoms with van der Waals surface area (Å²) in [4.78, 5) is 37.9. The second-order valence-electron chi connectivity index (χ2n) is 8.21. The van der Waals surface area contributed by atoms with Gasteiger partial charge in [-0.15, -0.1) is 0 Å². The minimum absolute atomic E-state index is 0.213. The fraction of sp³-hybridized carbons (Fsp3) is 0.375. The van der Waals surface area contributed by atoms with Crippen LogP contribution in [0.5, 0.6) is 0 Å². The number of rotatable bonds is 9. The summed E-state index contributed by atoms with van der Waals surface area (Å²) in [7, 11) is 1.27. The van der Waals surface area contributed by atoms with E-state index in [-0.39, 0.29) is 21.4 Å². The summed E-state index contributed by atoms with van der Waals surface area (Å²) in [6.07, 6.45) is -0.455. The van der Waals surface area contributed by atoms with Gasteiger partial charge < -0.3 is 0 Å². The number of halogens is 1. The molecule has 2 aromatic rings. The van der Waals surface area contributed by atoms with Gasteiger partial charge >= 0.3 is 206 Å². The van der Waals surface area contributed by atoms with Crippen LogP contribution in [-0.4, -0.2) is 57.7 Å². The van der Waals surface area contributed by atoms with E-state index in [2.05, 4.69) is 10.6 Å². The van der Waals surface area contributed by atoms with Crippen molar-refractivity contribution in [2.75, 3.05) is 7.11 Å². The third kappa shape index (κ3) is 9.46. The first-order valence-electron chi connectivity index (χ1n) is 10.4. The molecular weight excluding hydrogens is 511 g/mol. The third-order valence-corrected chi connectivity index (χ3v) is 7.37. The zero-order valence-electron chi connectivity index (χ0n) is 19.1. The molecule has 0 saturated heterocycles. The van der Waals surface area contributed by atoms with Gasteiger partial charge in [-0.25, -0.2) is 0 Å². The minimum atomic E-state index is -0.918. The van der Waals surface area contributed by atoms with Crippen molar-refractivity contribution in [3.8, 4) is 0 Å². The van der Waals surface area contributed by atoms with Crippen molar-refractivity contribution in [3.63, 3.8) is 0 Å². The Kier molecular flexibility index (Phi) is 10.2. The van der Waals surface area contributed by atoms with Crippen molar-refractivity contribution in [3.05, 3.63) is 65.2 Å². The number of nitrogens with one attached hydrogen (secondary N) is 2. The van der Waals surface area contributed by atoms with E-state index in [1.807, 2.05) is 48.5 Å². The molecular formula is C24H29ClN2O5Se. The van der Waals surface area contributed by atoms with Gasteiger partial charge in [0.1, 0.15) is 0 Å². The second kappa shape index (κ2) is 12.6. The summed E-state index contributed by atoms with van der Waals surface area (Å²) in [5.41, 5.74) is 0.144. The number of esters is 1. The van der Waals surface area contributed by atoms with Crippen molar-refractivity contribution >= 4 is 49.0 Å². The standard InChI is InChI=1S/C24H29ClN2O5Se/c1-24(2,3)32-23(30)27-19(15-33-20-13-9-8-12-17(20)25)21(28)26-18(22(29)31-4)14-16-10-6-5-7-11-16/h5-13,18-19H,14-15H2,1-4H3,(H,26,28)(H,27,30)/t18-,19-/m0/s1.